The van der Waals surface area contributed by atoms with Gasteiger partial charge in [-0.25, -0.2) is 19.3 Å². The molecule has 264 valence electrons. The molecule has 10 aromatic rings. The lowest BCUT2D eigenvalue weighted by atomic mass is 9.97. The molecule has 56 heavy (non-hydrogen) atoms. The molecule has 2 heterocycles. The Morgan fingerprint density at radius 2 is 0.768 bits per heavy atom. The molecule has 0 atom stereocenters. The SMILES string of the molecule is Fc1ccccc1-c1ccc(-n2c3ccc(-c4ccccc4)cc3c3cc(-c4ccccc4)ccc32)cc1-c1nc(-c2ccccc2)nc(-c2ccccc2)n1. The van der Waals surface area contributed by atoms with E-state index in [2.05, 4.69) is 102 Å². The van der Waals surface area contributed by atoms with Gasteiger partial charge >= 0.3 is 0 Å². The summed E-state index contributed by atoms with van der Waals surface area (Å²) in [7, 11) is 0. The van der Waals surface area contributed by atoms with Crippen LogP contribution in [0.3, 0.4) is 0 Å². The average molecular weight is 721 g/mol. The molecule has 0 bridgehead atoms. The molecule has 0 aliphatic heterocycles. The quantitative estimate of drug-likeness (QED) is 0.165. The van der Waals surface area contributed by atoms with Crippen LogP contribution < -0.4 is 0 Å². The van der Waals surface area contributed by atoms with E-state index in [1.54, 1.807) is 6.07 Å². The summed E-state index contributed by atoms with van der Waals surface area (Å²) in [6, 6.07) is 67.1. The van der Waals surface area contributed by atoms with E-state index >= 15 is 4.39 Å². The fraction of sp³-hybridized carbons (Fsp3) is 0. The Kier molecular flexibility index (Phi) is 8.30. The van der Waals surface area contributed by atoms with E-state index in [9.17, 15) is 0 Å². The fourth-order valence-corrected chi connectivity index (χ4v) is 7.62. The molecule has 5 heteroatoms. The van der Waals surface area contributed by atoms with Gasteiger partial charge in [-0.1, -0.05) is 158 Å². The fourth-order valence-electron chi connectivity index (χ4n) is 7.62. The molecule has 0 unspecified atom stereocenters. The molecule has 8 aromatic carbocycles. The summed E-state index contributed by atoms with van der Waals surface area (Å²) in [6.07, 6.45) is 0. The van der Waals surface area contributed by atoms with E-state index in [-0.39, 0.29) is 5.82 Å². The molecule has 0 aliphatic rings. The van der Waals surface area contributed by atoms with Gasteiger partial charge in [0, 0.05) is 38.7 Å². The monoisotopic (exact) mass is 720 g/mol. The van der Waals surface area contributed by atoms with Gasteiger partial charge in [0.1, 0.15) is 5.82 Å². The van der Waals surface area contributed by atoms with E-state index in [0.29, 0.717) is 34.2 Å². The Morgan fingerprint density at radius 3 is 1.27 bits per heavy atom. The molecule has 0 amide bonds. The van der Waals surface area contributed by atoms with Crippen molar-refractivity contribution in [2.24, 2.45) is 0 Å². The standard InChI is InChI=1S/C51H33FN4/c52-46-24-14-13-23-42(46)41-28-27-40(33-45(41)51-54-49(36-19-9-3-10-20-36)53-50(55-51)37-21-11-4-12-22-37)56-47-29-25-38(34-15-5-1-6-16-34)31-43(47)44-32-39(26-30-48(44)56)35-17-7-2-8-18-35/h1-33H. The number of hydrogen-bond acceptors (Lipinski definition) is 3. The topological polar surface area (TPSA) is 43.6 Å². The van der Waals surface area contributed by atoms with Crippen LogP contribution in [0.25, 0.3) is 95.0 Å². The van der Waals surface area contributed by atoms with Crippen LogP contribution in [-0.4, -0.2) is 19.5 Å². The molecular weight excluding hydrogens is 688 g/mol. The molecule has 0 saturated heterocycles. The van der Waals surface area contributed by atoms with Gasteiger partial charge in [0.25, 0.3) is 0 Å². The van der Waals surface area contributed by atoms with Crippen molar-refractivity contribution < 1.29 is 4.39 Å². The highest BCUT2D eigenvalue weighted by Crippen LogP contribution is 2.40. The molecule has 10 rings (SSSR count). The van der Waals surface area contributed by atoms with Crippen LogP contribution in [0.5, 0.6) is 0 Å². The first-order chi connectivity index (χ1) is 27.7. The van der Waals surface area contributed by atoms with E-state index in [1.165, 1.54) is 6.07 Å². The van der Waals surface area contributed by atoms with Crippen LogP contribution in [0.1, 0.15) is 0 Å². The van der Waals surface area contributed by atoms with Gasteiger partial charge in [-0.2, -0.15) is 0 Å². The van der Waals surface area contributed by atoms with Crippen molar-refractivity contribution in [1.29, 1.82) is 0 Å². The molecular formula is C51H33FN4. The van der Waals surface area contributed by atoms with Crippen molar-refractivity contribution in [3.05, 3.63) is 206 Å². The van der Waals surface area contributed by atoms with E-state index < -0.39 is 0 Å². The van der Waals surface area contributed by atoms with Crippen LogP contribution in [0.15, 0.2) is 200 Å². The predicted molar refractivity (Wildman–Crippen MR) is 227 cm³/mol. The summed E-state index contributed by atoms with van der Waals surface area (Å²) >= 11 is 0. The van der Waals surface area contributed by atoms with Gasteiger partial charge in [0.05, 0.1) is 11.0 Å². The van der Waals surface area contributed by atoms with E-state index in [1.807, 2.05) is 91.0 Å². The van der Waals surface area contributed by atoms with Crippen molar-refractivity contribution >= 4 is 21.8 Å². The minimum absolute atomic E-state index is 0.319. The maximum absolute atomic E-state index is 15.7. The number of aromatic nitrogens is 4. The number of rotatable bonds is 7. The zero-order valence-electron chi connectivity index (χ0n) is 30.2. The number of fused-ring (bicyclic) bond motifs is 3. The van der Waals surface area contributed by atoms with Crippen LogP contribution in [-0.2, 0) is 0 Å². The lowest BCUT2D eigenvalue weighted by Crippen LogP contribution is -2.03. The number of hydrogen-bond donors (Lipinski definition) is 0. The van der Waals surface area contributed by atoms with Gasteiger partial charge in [-0.05, 0) is 70.3 Å². The summed E-state index contributed by atoms with van der Waals surface area (Å²) in [5.74, 6) is 1.22. The van der Waals surface area contributed by atoms with E-state index in [4.69, 9.17) is 15.0 Å². The molecule has 0 N–H and O–H groups in total. The highest BCUT2D eigenvalue weighted by atomic mass is 19.1. The predicted octanol–water partition coefficient (Wildman–Crippen LogP) is 13.1. The smallest absolute Gasteiger partial charge is 0.164 e. The normalized spacial score (nSPS) is 11.3. The Balaban J connectivity index is 1.25. The summed E-state index contributed by atoms with van der Waals surface area (Å²) in [4.78, 5) is 15.1. The zero-order chi connectivity index (χ0) is 37.4. The third kappa shape index (κ3) is 6.02. The van der Waals surface area contributed by atoms with Crippen LogP contribution >= 0.6 is 0 Å². The van der Waals surface area contributed by atoms with Crippen LogP contribution in [0, 0.1) is 5.82 Å². The van der Waals surface area contributed by atoms with Gasteiger partial charge in [-0.3, -0.25) is 0 Å². The molecule has 0 saturated carbocycles. The molecule has 0 spiro atoms. The first-order valence-electron chi connectivity index (χ1n) is 18.6. The summed E-state index contributed by atoms with van der Waals surface area (Å²) in [6.45, 7) is 0. The molecule has 0 radical (unpaired) electrons. The third-order valence-corrected chi connectivity index (χ3v) is 10.3. The lowest BCUT2D eigenvalue weighted by Gasteiger charge is -2.16. The van der Waals surface area contributed by atoms with Crippen molar-refractivity contribution in [2.45, 2.75) is 0 Å². The lowest BCUT2D eigenvalue weighted by molar-refractivity contribution is 0.631. The highest BCUT2D eigenvalue weighted by molar-refractivity contribution is 6.11. The molecule has 4 nitrogen and oxygen atoms in total. The molecule has 2 aromatic heterocycles. The maximum atomic E-state index is 15.7. The number of halogens is 1. The first-order valence-corrected chi connectivity index (χ1v) is 18.6. The maximum Gasteiger partial charge on any atom is 0.164 e. The molecule has 0 fully saturated rings. The second-order valence-electron chi connectivity index (χ2n) is 13.8. The highest BCUT2D eigenvalue weighted by Gasteiger charge is 2.21. The Morgan fingerprint density at radius 1 is 0.321 bits per heavy atom. The van der Waals surface area contributed by atoms with Gasteiger partial charge in [-0.15, -0.1) is 0 Å². The third-order valence-electron chi connectivity index (χ3n) is 10.3. The van der Waals surface area contributed by atoms with Crippen molar-refractivity contribution in [1.82, 2.24) is 19.5 Å². The van der Waals surface area contributed by atoms with E-state index in [0.717, 1.165) is 60.9 Å². The first kappa shape index (κ1) is 33.1. The zero-order valence-corrected chi connectivity index (χ0v) is 30.2. The van der Waals surface area contributed by atoms with Crippen LogP contribution in [0.4, 0.5) is 4.39 Å². The Hall–Kier alpha value is -7.50. The summed E-state index contributed by atoms with van der Waals surface area (Å²) in [5, 5.41) is 2.27. The van der Waals surface area contributed by atoms with Gasteiger partial charge < -0.3 is 4.57 Å². The number of benzene rings is 8. The van der Waals surface area contributed by atoms with Crippen molar-refractivity contribution in [3.8, 4) is 73.2 Å². The largest absolute Gasteiger partial charge is 0.309 e. The van der Waals surface area contributed by atoms with Crippen molar-refractivity contribution in [2.75, 3.05) is 0 Å². The van der Waals surface area contributed by atoms with Gasteiger partial charge in [0.15, 0.2) is 17.5 Å². The minimum Gasteiger partial charge on any atom is -0.309 e. The molecule has 0 aliphatic carbocycles. The second-order valence-corrected chi connectivity index (χ2v) is 13.8. The Bertz CT molecular complexity index is 2860. The summed E-state index contributed by atoms with van der Waals surface area (Å²) in [5.41, 5.74) is 11.2. The number of nitrogens with zero attached hydrogens (tertiary/aromatic N) is 4. The van der Waals surface area contributed by atoms with Gasteiger partial charge in [0.2, 0.25) is 0 Å². The summed E-state index contributed by atoms with van der Waals surface area (Å²) < 4.78 is 18.0. The van der Waals surface area contributed by atoms with Crippen LogP contribution in [0.2, 0.25) is 0 Å². The second kappa shape index (κ2) is 14.0. The van der Waals surface area contributed by atoms with Crippen molar-refractivity contribution in [3.63, 3.8) is 0 Å². The minimum atomic E-state index is -0.319. The Labute approximate surface area is 323 Å². The average Bonchev–Trinajstić information content (AvgIpc) is 3.60.